The fourth-order valence-electron chi connectivity index (χ4n) is 2.97. The molecule has 136 valence electrons. The minimum absolute atomic E-state index is 0. The first-order valence-electron chi connectivity index (χ1n) is 8.64. The highest BCUT2D eigenvalue weighted by atomic mass is 35.5. The third-order valence-corrected chi connectivity index (χ3v) is 4.30. The lowest BCUT2D eigenvalue weighted by molar-refractivity contribution is -0.120. The van der Waals surface area contributed by atoms with Gasteiger partial charge in [-0.05, 0) is 51.1 Å². The monoisotopic (exact) mass is 354 g/mol. The van der Waals surface area contributed by atoms with Gasteiger partial charge in [-0.2, -0.15) is 0 Å². The smallest absolute Gasteiger partial charge is 0.233 e. The van der Waals surface area contributed by atoms with Crippen LogP contribution in [0.25, 0.3) is 0 Å². The number of nitrogens with one attached hydrogen (secondary N) is 2. The minimum atomic E-state index is 0. The summed E-state index contributed by atoms with van der Waals surface area (Å²) in [6.45, 7) is 8.91. The summed E-state index contributed by atoms with van der Waals surface area (Å²) in [6.07, 6.45) is 2.19. The van der Waals surface area contributed by atoms with Crippen molar-refractivity contribution in [2.24, 2.45) is 0 Å². The molecule has 1 amide bonds. The van der Waals surface area contributed by atoms with Gasteiger partial charge in [0.2, 0.25) is 5.91 Å². The van der Waals surface area contributed by atoms with E-state index in [1.54, 1.807) is 7.05 Å². The highest BCUT2D eigenvalue weighted by molar-refractivity contribution is 5.85. The molecule has 1 aromatic carbocycles. The number of hydrogen-bond acceptors (Lipinski definition) is 4. The second-order valence-electron chi connectivity index (χ2n) is 6.26. The van der Waals surface area contributed by atoms with E-state index in [1.165, 1.54) is 11.3 Å². The molecule has 0 radical (unpaired) electrons. The number of unbranched alkanes of at least 4 members (excludes halogenated alkanes) is 1. The number of piperazine rings is 1. The van der Waals surface area contributed by atoms with Crippen molar-refractivity contribution in [1.29, 1.82) is 0 Å². The molecular formula is C18H31ClN4O. The molecule has 5 nitrogen and oxygen atoms in total. The maximum Gasteiger partial charge on any atom is 0.233 e. The van der Waals surface area contributed by atoms with Gasteiger partial charge >= 0.3 is 0 Å². The molecule has 1 aromatic rings. The zero-order valence-corrected chi connectivity index (χ0v) is 15.7. The van der Waals surface area contributed by atoms with Crippen LogP contribution in [-0.4, -0.2) is 63.7 Å². The maximum atomic E-state index is 11.3. The summed E-state index contributed by atoms with van der Waals surface area (Å²) in [4.78, 5) is 16.3. The fourth-order valence-corrected chi connectivity index (χ4v) is 2.97. The standard InChI is InChI=1S/C18H30N4O.ClH/c1-16-6-5-7-17(14-16)22-12-10-21(11-13-22)9-4-3-8-20-18(23)15-19-2;/h5-7,14,19H,3-4,8-13,15H2,1-2H3,(H,20,23);1H. The zero-order chi connectivity index (χ0) is 16.5. The first-order chi connectivity index (χ1) is 11.2. The third-order valence-electron chi connectivity index (χ3n) is 4.30. The molecular weight excluding hydrogens is 324 g/mol. The predicted octanol–water partition coefficient (Wildman–Crippen LogP) is 1.65. The number of amides is 1. The number of nitrogens with zero attached hydrogens (tertiary/aromatic N) is 2. The second-order valence-corrected chi connectivity index (χ2v) is 6.26. The van der Waals surface area contributed by atoms with Gasteiger partial charge in [0.1, 0.15) is 0 Å². The number of halogens is 1. The van der Waals surface area contributed by atoms with Crippen molar-refractivity contribution < 1.29 is 4.79 Å². The van der Waals surface area contributed by atoms with Crippen molar-refractivity contribution in [1.82, 2.24) is 15.5 Å². The number of benzene rings is 1. The van der Waals surface area contributed by atoms with E-state index in [0.29, 0.717) is 6.54 Å². The van der Waals surface area contributed by atoms with Crippen LogP contribution >= 0.6 is 12.4 Å². The van der Waals surface area contributed by atoms with E-state index >= 15 is 0 Å². The fraction of sp³-hybridized carbons (Fsp3) is 0.611. The average Bonchev–Trinajstić information content (AvgIpc) is 2.55. The molecule has 0 aromatic heterocycles. The lowest BCUT2D eigenvalue weighted by Gasteiger charge is -2.36. The summed E-state index contributed by atoms with van der Waals surface area (Å²) in [5.41, 5.74) is 2.67. The molecule has 1 heterocycles. The highest BCUT2D eigenvalue weighted by Gasteiger charge is 2.16. The van der Waals surface area contributed by atoms with E-state index in [-0.39, 0.29) is 18.3 Å². The lowest BCUT2D eigenvalue weighted by atomic mass is 10.2. The van der Waals surface area contributed by atoms with Gasteiger partial charge in [0, 0.05) is 38.4 Å². The van der Waals surface area contributed by atoms with E-state index < -0.39 is 0 Å². The maximum absolute atomic E-state index is 11.3. The quantitative estimate of drug-likeness (QED) is 0.697. The van der Waals surface area contributed by atoms with Crippen LogP contribution in [0, 0.1) is 6.92 Å². The largest absolute Gasteiger partial charge is 0.369 e. The molecule has 1 saturated heterocycles. The van der Waals surface area contributed by atoms with Crippen molar-refractivity contribution >= 4 is 24.0 Å². The second kappa shape index (κ2) is 11.3. The van der Waals surface area contributed by atoms with Gasteiger partial charge < -0.3 is 15.5 Å². The Morgan fingerprint density at radius 2 is 1.92 bits per heavy atom. The molecule has 0 unspecified atom stereocenters. The average molecular weight is 355 g/mol. The first-order valence-corrected chi connectivity index (χ1v) is 8.64. The first kappa shape index (κ1) is 20.7. The van der Waals surface area contributed by atoms with Crippen LogP contribution in [0.2, 0.25) is 0 Å². The Hall–Kier alpha value is -1.30. The van der Waals surface area contributed by atoms with E-state index in [4.69, 9.17) is 0 Å². The van der Waals surface area contributed by atoms with Gasteiger partial charge in [0.15, 0.2) is 0 Å². The summed E-state index contributed by atoms with van der Waals surface area (Å²) in [7, 11) is 1.79. The SMILES string of the molecule is CNCC(=O)NCCCCN1CCN(c2cccc(C)c2)CC1.Cl. The Bertz CT molecular complexity index is 490. The van der Waals surface area contributed by atoms with E-state index in [1.807, 2.05) is 0 Å². The Balaban J connectivity index is 0.00000288. The van der Waals surface area contributed by atoms with Gasteiger partial charge in [-0.3, -0.25) is 9.69 Å². The van der Waals surface area contributed by atoms with Crippen LogP contribution in [0.3, 0.4) is 0 Å². The van der Waals surface area contributed by atoms with Gasteiger partial charge in [0.25, 0.3) is 0 Å². The Morgan fingerprint density at radius 3 is 2.58 bits per heavy atom. The summed E-state index contributed by atoms with van der Waals surface area (Å²) in [6, 6.07) is 8.76. The summed E-state index contributed by atoms with van der Waals surface area (Å²) in [5, 5.41) is 5.78. The molecule has 0 bridgehead atoms. The Kier molecular flexibility index (Phi) is 9.76. The van der Waals surface area contributed by atoms with E-state index in [9.17, 15) is 4.79 Å². The number of carbonyl (C=O) groups is 1. The molecule has 0 spiro atoms. The molecule has 1 fully saturated rings. The molecule has 2 N–H and O–H groups in total. The molecule has 1 aliphatic heterocycles. The molecule has 2 rings (SSSR count). The number of anilines is 1. The van der Waals surface area contributed by atoms with Crippen LogP contribution in [-0.2, 0) is 4.79 Å². The van der Waals surface area contributed by atoms with Crippen molar-refractivity contribution in [3.8, 4) is 0 Å². The van der Waals surface area contributed by atoms with Gasteiger partial charge in [0.05, 0.1) is 6.54 Å². The van der Waals surface area contributed by atoms with Crippen molar-refractivity contribution in [2.45, 2.75) is 19.8 Å². The molecule has 0 atom stereocenters. The third kappa shape index (κ3) is 7.07. The molecule has 6 heteroatoms. The van der Waals surface area contributed by atoms with Crippen LogP contribution in [0.1, 0.15) is 18.4 Å². The number of rotatable bonds is 8. The van der Waals surface area contributed by atoms with Crippen LogP contribution in [0.4, 0.5) is 5.69 Å². The van der Waals surface area contributed by atoms with E-state index in [2.05, 4.69) is 51.6 Å². The van der Waals surface area contributed by atoms with Gasteiger partial charge in [-0.25, -0.2) is 0 Å². The molecule has 1 aliphatic rings. The van der Waals surface area contributed by atoms with Crippen LogP contribution < -0.4 is 15.5 Å². The number of carbonyl (C=O) groups excluding carboxylic acids is 1. The van der Waals surface area contributed by atoms with Crippen molar-refractivity contribution in [3.63, 3.8) is 0 Å². The molecule has 0 aliphatic carbocycles. The summed E-state index contributed by atoms with van der Waals surface area (Å²) >= 11 is 0. The van der Waals surface area contributed by atoms with Crippen molar-refractivity contribution in [2.75, 3.05) is 57.8 Å². The number of likely N-dealkylation sites (N-methyl/N-ethyl adjacent to an activating group) is 1. The topological polar surface area (TPSA) is 47.6 Å². The van der Waals surface area contributed by atoms with Crippen molar-refractivity contribution in [3.05, 3.63) is 29.8 Å². The Labute approximate surface area is 152 Å². The van der Waals surface area contributed by atoms with Crippen LogP contribution in [0.15, 0.2) is 24.3 Å². The van der Waals surface area contributed by atoms with E-state index in [0.717, 1.165) is 52.1 Å². The van der Waals surface area contributed by atoms with Crippen LogP contribution in [0.5, 0.6) is 0 Å². The molecule has 0 saturated carbocycles. The highest BCUT2D eigenvalue weighted by Crippen LogP contribution is 2.17. The zero-order valence-electron chi connectivity index (χ0n) is 14.9. The number of hydrogen-bond donors (Lipinski definition) is 2. The molecule has 24 heavy (non-hydrogen) atoms. The summed E-state index contributed by atoms with van der Waals surface area (Å²) in [5.74, 6) is 0.0827. The normalized spacial score (nSPS) is 15.0. The Morgan fingerprint density at radius 1 is 1.17 bits per heavy atom. The van der Waals surface area contributed by atoms with Gasteiger partial charge in [-0.1, -0.05) is 12.1 Å². The predicted molar refractivity (Wildman–Crippen MR) is 103 cm³/mol. The minimum Gasteiger partial charge on any atom is -0.369 e. The lowest BCUT2D eigenvalue weighted by Crippen LogP contribution is -2.46. The number of aryl methyl sites for hydroxylation is 1. The van der Waals surface area contributed by atoms with Gasteiger partial charge in [-0.15, -0.1) is 12.4 Å². The summed E-state index contributed by atoms with van der Waals surface area (Å²) < 4.78 is 0.